The maximum Gasteiger partial charge on any atom is 0.254 e. The normalized spacial score (nSPS) is 12.6. The van der Waals surface area contributed by atoms with Crippen molar-refractivity contribution in [3.63, 3.8) is 0 Å². The Hall–Kier alpha value is -3.10. The van der Waals surface area contributed by atoms with Gasteiger partial charge in [-0.25, -0.2) is 14.4 Å². The van der Waals surface area contributed by atoms with Gasteiger partial charge in [-0.15, -0.1) is 0 Å². The molecule has 1 aliphatic rings. The minimum Gasteiger partial charge on any atom is -0.352 e. The van der Waals surface area contributed by atoms with Crippen LogP contribution in [0.1, 0.15) is 34.5 Å². The van der Waals surface area contributed by atoms with Crippen LogP contribution in [0.3, 0.4) is 0 Å². The molecule has 0 saturated heterocycles. The molecule has 4 rings (SSSR count). The number of amides is 1. The maximum atomic E-state index is 14.5. The predicted molar refractivity (Wildman–Crippen MR) is 127 cm³/mol. The fourth-order valence-corrected chi connectivity index (χ4v) is 4.00. The second kappa shape index (κ2) is 10.2. The van der Waals surface area contributed by atoms with Gasteiger partial charge >= 0.3 is 0 Å². The van der Waals surface area contributed by atoms with E-state index in [2.05, 4.69) is 30.5 Å². The van der Waals surface area contributed by atoms with Crippen LogP contribution >= 0.6 is 11.6 Å². The van der Waals surface area contributed by atoms with Crippen LogP contribution < -0.4 is 10.6 Å². The van der Waals surface area contributed by atoms with E-state index in [1.54, 1.807) is 12.3 Å². The Morgan fingerprint density at radius 1 is 1.21 bits per heavy atom. The third-order valence-electron chi connectivity index (χ3n) is 5.49. The number of nitrogens with zero attached hydrogens (tertiary/aromatic N) is 4. The third kappa shape index (κ3) is 5.46. The number of hydrogen-bond donors (Lipinski definition) is 2. The summed E-state index contributed by atoms with van der Waals surface area (Å²) in [5, 5.41) is 6.64. The molecule has 9 heteroatoms. The summed E-state index contributed by atoms with van der Waals surface area (Å²) < 4.78 is 14.5. The molecular formula is C24H26ClFN6O. The molecule has 0 saturated carbocycles. The molecule has 0 unspecified atom stereocenters. The van der Waals surface area contributed by atoms with Gasteiger partial charge in [0.2, 0.25) is 0 Å². The molecule has 2 heterocycles. The van der Waals surface area contributed by atoms with Crippen molar-refractivity contribution in [2.24, 2.45) is 0 Å². The Morgan fingerprint density at radius 3 is 2.88 bits per heavy atom. The van der Waals surface area contributed by atoms with Crippen molar-refractivity contribution >= 4 is 29.0 Å². The summed E-state index contributed by atoms with van der Waals surface area (Å²) in [5.41, 5.74) is 3.11. The fraction of sp³-hybridized carbons (Fsp3) is 0.333. The van der Waals surface area contributed by atoms with E-state index >= 15 is 0 Å². The standard InChI is InChI=1S/C24H26ClFN6O/c1-32(2)12-4-10-28-24(33)18-14-27-11-9-21(18)30-22-16-5-3-6-20(16)29-23(31-22)17-13-15(25)7-8-19(17)26/h7-9,11,13-14H,3-6,10,12H2,1-2H3,(H,28,33)(H,27,29,30,31). The maximum absolute atomic E-state index is 14.5. The lowest BCUT2D eigenvalue weighted by atomic mass is 10.1. The number of fused-ring (bicyclic) bond motifs is 1. The SMILES string of the molecule is CN(C)CCCNC(=O)c1cnccc1Nc1nc(-c2cc(Cl)ccc2F)nc2c1CCC2. The largest absolute Gasteiger partial charge is 0.352 e. The summed E-state index contributed by atoms with van der Waals surface area (Å²) in [7, 11) is 3.99. The number of aryl methyl sites for hydroxylation is 1. The van der Waals surface area contributed by atoms with Crippen LogP contribution in [0.15, 0.2) is 36.7 Å². The molecule has 0 fully saturated rings. The molecule has 1 aromatic carbocycles. The van der Waals surface area contributed by atoms with E-state index in [0.717, 1.165) is 43.5 Å². The number of halogens is 2. The van der Waals surface area contributed by atoms with Gasteiger partial charge in [0.1, 0.15) is 11.6 Å². The number of aromatic nitrogens is 3. The number of anilines is 2. The van der Waals surface area contributed by atoms with E-state index in [4.69, 9.17) is 11.6 Å². The van der Waals surface area contributed by atoms with E-state index in [-0.39, 0.29) is 17.3 Å². The van der Waals surface area contributed by atoms with E-state index in [9.17, 15) is 9.18 Å². The van der Waals surface area contributed by atoms with E-state index in [1.165, 1.54) is 24.4 Å². The van der Waals surface area contributed by atoms with Crippen LogP contribution in [0, 0.1) is 5.82 Å². The molecule has 0 radical (unpaired) electrons. The smallest absolute Gasteiger partial charge is 0.254 e. The number of nitrogens with one attached hydrogen (secondary N) is 2. The topological polar surface area (TPSA) is 83.0 Å². The lowest BCUT2D eigenvalue weighted by Gasteiger charge is -2.15. The molecule has 7 nitrogen and oxygen atoms in total. The number of hydrogen-bond acceptors (Lipinski definition) is 6. The highest BCUT2D eigenvalue weighted by Gasteiger charge is 2.22. The summed E-state index contributed by atoms with van der Waals surface area (Å²) in [6.07, 6.45) is 6.53. The Labute approximate surface area is 197 Å². The Balaban J connectivity index is 1.63. The van der Waals surface area contributed by atoms with Gasteiger partial charge < -0.3 is 15.5 Å². The number of pyridine rings is 1. The van der Waals surface area contributed by atoms with Gasteiger partial charge in [0, 0.05) is 35.2 Å². The quantitative estimate of drug-likeness (QED) is 0.481. The Bertz CT molecular complexity index is 1170. The predicted octanol–water partition coefficient (Wildman–Crippen LogP) is 4.24. The molecule has 2 aromatic heterocycles. The first-order valence-electron chi connectivity index (χ1n) is 10.9. The van der Waals surface area contributed by atoms with Crippen LogP contribution in [-0.4, -0.2) is 52.9 Å². The van der Waals surface area contributed by atoms with Crippen molar-refractivity contribution in [1.82, 2.24) is 25.2 Å². The molecule has 0 aliphatic heterocycles. The van der Waals surface area contributed by atoms with Crippen molar-refractivity contribution in [2.45, 2.75) is 25.7 Å². The Morgan fingerprint density at radius 2 is 2.06 bits per heavy atom. The molecule has 1 aliphatic carbocycles. The summed E-state index contributed by atoms with van der Waals surface area (Å²) in [4.78, 5) is 28.2. The first-order valence-corrected chi connectivity index (χ1v) is 11.3. The van der Waals surface area contributed by atoms with E-state index in [1.807, 2.05) is 14.1 Å². The van der Waals surface area contributed by atoms with Crippen molar-refractivity contribution in [3.05, 3.63) is 64.3 Å². The molecular weight excluding hydrogens is 443 g/mol. The van der Waals surface area contributed by atoms with E-state index in [0.29, 0.717) is 28.6 Å². The highest BCUT2D eigenvalue weighted by molar-refractivity contribution is 6.30. The second-order valence-corrected chi connectivity index (χ2v) is 8.69. The van der Waals surface area contributed by atoms with Crippen molar-refractivity contribution in [1.29, 1.82) is 0 Å². The molecule has 1 amide bonds. The van der Waals surface area contributed by atoms with Gasteiger partial charge in [0.05, 0.1) is 16.8 Å². The van der Waals surface area contributed by atoms with Gasteiger partial charge in [0.25, 0.3) is 5.91 Å². The molecule has 3 aromatic rings. The molecule has 0 spiro atoms. The van der Waals surface area contributed by atoms with Gasteiger partial charge in [-0.05, 0) is 70.6 Å². The minimum absolute atomic E-state index is 0.212. The monoisotopic (exact) mass is 468 g/mol. The van der Waals surface area contributed by atoms with Gasteiger partial charge in [-0.3, -0.25) is 9.78 Å². The summed E-state index contributed by atoms with van der Waals surface area (Å²) in [6, 6.07) is 6.06. The number of benzene rings is 1. The third-order valence-corrected chi connectivity index (χ3v) is 5.72. The highest BCUT2D eigenvalue weighted by Crippen LogP contribution is 2.33. The molecule has 0 bridgehead atoms. The summed E-state index contributed by atoms with van der Waals surface area (Å²) >= 11 is 6.09. The summed E-state index contributed by atoms with van der Waals surface area (Å²) in [5.74, 6) is 0.183. The average molecular weight is 469 g/mol. The van der Waals surface area contributed by atoms with Gasteiger partial charge in [-0.1, -0.05) is 11.6 Å². The van der Waals surface area contributed by atoms with E-state index < -0.39 is 5.82 Å². The molecule has 0 atom stereocenters. The number of rotatable bonds is 8. The van der Waals surface area contributed by atoms with Crippen LogP contribution in [-0.2, 0) is 12.8 Å². The summed E-state index contributed by atoms with van der Waals surface area (Å²) in [6.45, 7) is 1.45. The zero-order valence-electron chi connectivity index (χ0n) is 18.7. The van der Waals surface area contributed by atoms with Gasteiger partial charge in [0.15, 0.2) is 5.82 Å². The van der Waals surface area contributed by atoms with Crippen LogP contribution in [0.25, 0.3) is 11.4 Å². The first-order chi connectivity index (χ1) is 15.9. The number of carbonyl (C=O) groups excluding carboxylic acids is 1. The zero-order valence-corrected chi connectivity index (χ0v) is 19.4. The van der Waals surface area contributed by atoms with Crippen LogP contribution in [0.2, 0.25) is 5.02 Å². The number of carbonyl (C=O) groups is 1. The van der Waals surface area contributed by atoms with Crippen LogP contribution in [0.4, 0.5) is 15.9 Å². The Kier molecular flexibility index (Phi) is 7.15. The van der Waals surface area contributed by atoms with Crippen molar-refractivity contribution in [2.75, 3.05) is 32.5 Å². The fourth-order valence-electron chi connectivity index (χ4n) is 3.83. The highest BCUT2D eigenvalue weighted by atomic mass is 35.5. The average Bonchev–Trinajstić information content (AvgIpc) is 3.27. The first kappa shape index (κ1) is 23.1. The second-order valence-electron chi connectivity index (χ2n) is 8.26. The molecule has 172 valence electrons. The lowest BCUT2D eigenvalue weighted by Crippen LogP contribution is -2.27. The van der Waals surface area contributed by atoms with Crippen molar-refractivity contribution < 1.29 is 9.18 Å². The molecule has 2 N–H and O–H groups in total. The molecule has 33 heavy (non-hydrogen) atoms. The van der Waals surface area contributed by atoms with Crippen LogP contribution in [0.5, 0.6) is 0 Å². The lowest BCUT2D eigenvalue weighted by molar-refractivity contribution is 0.0953. The van der Waals surface area contributed by atoms with Gasteiger partial charge in [-0.2, -0.15) is 0 Å². The minimum atomic E-state index is -0.440. The van der Waals surface area contributed by atoms with Crippen molar-refractivity contribution in [3.8, 4) is 11.4 Å². The zero-order chi connectivity index (χ0) is 23.4.